The van der Waals surface area contributed by atoms with E-state index in [9.17, 15) is 0 Å². The van der Waals surface area contributed by atoms with E-state index in [1.165, 1.54) is 11.5 Å². The van der Waals surface area contributed by atoms with Crippen molar-refractivity contribution in [1.82, 2.24) is 29.8 Å². The zero-order valence-electron chi connectivity index (χ0n) is 10.4. The molecule has 18 heavy (non-hydrogen) atoms. The van der Waals surface area contributed by atoms with Gasteiger partial charge in [0.1, 0.15) is 12.2 Å². The zero-order chi connectivity index (χ0) is 13.0. The Morgan fingerprint density at radius 3 is 2.94 bits per heavy atom. The summed E-state index contributed by atoms with van der Waals surface area (Å²) in [6.45, 7) is 5.14. The topological polar surface area (TPSA) is 94.5 Å². The Labute approximate surface area is 110 Å². The lowest BCUT2D eigenvalue weighted by molar-refractivity contribution is 0.444. The Hall–Kier alpha value is -1.38. The minimum atomic E-state index is -0.0844. The lowest BCUT2D eigenvalue weighted by Gasteiger charge is -2.14. The summed E-state index contributed by atoms with van der Waals surface area (Å²) < 4.78 is 5.76. The normalized spacial score (nSPS) is 13.1. The second-order valence-electron chi connectivity index (χ2n) is 4.51. The molecule has 0 saturated carbocycles. The first kappa shape index (κ1) is 13.1. The average Bonchev–Trinajstić information content (AvgIpc) is 2.96. The van der Waals surface area contributed by atoms with Crippen molar-refractivity contribution in [2.45, 2.75) is 32.9 Å². The van der Waals surface area contributed by atoms with Gasteiger partial charge in [0, 0.05) is 18.3 Å². The van der Waals surface area contributed by atoms with E-state index in [0.29, 0.717) is 12.3 Å². The van der Waals surface area contributed by atoms with Crippen molar-refractivity contribution in [2.24, 2.45) is 11.8 Å². The fourth-order valence-electron chi connectivity index (χ4n) is 1.70. The molecule has 8 heteroatoms. The Bertz CT molecular complexity index is 464. The van der Waals surface area contributed by atoms with Crippen molar-refractivity contribution in [3.8, 4) is 0 Å². The predicted octanol–water partition coefficient (Wildman–Crippen LogP) is 0.533. The standard InChI is InChI=1S/C10H17N7S/c1-7(2)4-17-10(12-6-13-17)3-8(14-11)9-5-18-16-15-9/h5-8,14H,3-4,11H2,1-2H3. The molecule has 0 aliphatic rings. The van der Waals surface area contributed by atoms with E-state index < -0.39 is 0 Å². The average molecular weight is 267 g/mol. The van der Waals surface area contributed by atoms with Crippen molar-refractivity contribution in [1.29, 1.82) is 0 Å². The molecule has 0 fully saturated rings. The summed E-state index contributed by atoms with van der Waals surface area (Å²) in [5, 5.41) is 10.1. The van der Waals surface area contributed by atoms with Gasteiger partial charge in [0.15, 0.2) is 0 Å². The number of aromatic nitrogens is 5. The van der Waals surface area contributed by atoms with Gasteiger partial charge >= 0.3 is 0 Å². The number of rotatable bonds is 6. The molecule has 0 aliphatic heterocycles. The molecular formula is C10H17N7S. The van der Waals surface area contributed by atoms with Crippen LogP contribution in [0.3, 0.4) is 0 Å². The summed E-state index contributed by atoms with van der Waals surface area (Å²) >= 11 is 1.31. The van der Waals surface area contributed by atoms with Gasteiger partial charge in [-0.3, -0.25) is 11.3 Å². The number of hydrazine groups is 1. The van der Waals surface area contributed by atoms with Gasteiger partial charge in [0.2, 0.25) is 0 Å². The molecule has 0 aliphatic carbocycles. The number of hydrogen-bond acceptors (Lipinski definition) is 7. The van der Waals surface area contributed by atoms with E-state index in [4.69, 9.17) is 5.84 Å². The van der Waals surface area contributed by atoms with Gasteiger partial charge in [-0.15, -0.1) is 5.10 Å². The molecule has 1 unspecified atom stereocenters. The minimum absolute atomic E-state index is 0.0844. The summed E-state index contributed by atoms with van der Waals surface area (Å²) in [5.74, 6) is 6.99. The molecule has 98 valence electrons. The smallest absolute Gasteiger partial charge is 0.138 e. The molecule has 0 spiro atoms. The summed E-state index contributed by atoms with van der Waals surface area (Å²) in [6, 6.07) is -0.0844. The largest absolute Gasteiger partial charge is 0.271 e. The molecule has 0 bridgehead atoms. The summed E-state index contributed by atoms with van der Waals surface area (Å²) in [5.41, 5.74) is 3.58. The van der Waals surface area contributed by atoms with Crippen LogP contribution in [0.2, 0.25) is 0 Å². The first-order valence-electron chi connectivity index (χ1n) is 5.80. The van der Waals surface area contributed by atoms with Gasteiger partial charge in [-0.25, -0.2) is 9.67 Å². The van der Waals surface area contributed by atoms with Crippen LogP contribution in [-0.2, 0) is 13.0 Å². The quantitative estimate of drug-likeness (QED) is 0.586. The molecule has 2 aromatic heterocycles. The molecule has 0 amide bonds. The first-order valence-corrected chi connectivity index (χ1v) is 6.64. The molecular weight excluding hydrogens is 250 g/mol. The van der Waals surface area contributed by atoms with Crippen molar-refractivity contribution in [3.05, 3.63) is 23.2 Å². The van der Waals surface area contributed by atoms with Crippen molar-refractivity contribution in [2.75, 3.05) is 0 Å². The maximum Gasteiger partial charge on any atom is 0.138 e. The van der Waals surface area contributed by atoms with Gasteiger partial charge in [-0.05, 0) is 17.5 Å². The van der Waals surface area contributed by atoms with E-state index in [1.54, 1.807) is 6.33 Å². The summed E-state index contributed by atoms with van der Waals surface area (Å²) in [4.78, 5) is 4.28. The van der Waals surface area contributed by atoms with Crippen LogP contribution in [0.4, 0.5) is 0 Å². The molecule has 0 saturated heterocycles. The Morgan fingerprint density at radius 2 is 2.33 bits per heavy atom. The van der Waals surface area contributed by atoms with E-state index in [1.807, 2.05) is 10.1 Å². The van der Waals surface area contributed by atoms with Gasteiger partial charge in [-0.2, -0.15) is 5.10 Å². The number of nitrogens with one attached hydrogen (secondary N) is 1. The fraction of sp³-hybridized carbons (Fsp3) is 0.600. The lowest BCUT2D eigenvalue weighted by atomic mass is 10.1. The molecule has 0 aromatic carbocycles. The van der Waals surface area contributed by atoms with Crippen LogP contribution in [0.1, 0.15) is 31.4 Å². The second-order valence-corrected chi connectivity index (χ2v) is 5.12. The molecule has 2 aromatic rings. The van der Waals surface area contributed by atoms with Gasteiger partial charge < -0.3 is 0 Å². The highest BCUT2D eigenvalue weighted by molar-refractivity contribution is 7.03. The highest BCUT2D eigenvalue weighted by Gasteiger charge is 2.17. The molecule has 2 rings (SSSR count). The maximum atomic E-state index is 5.56. The third-order valence-corrected chi connectivity index (χ3v) is 3.08. The van der Waals surface area contributed by atoms with Crippen LogP contribution in [0.5, 0.6) is 0 Å². The first-order chi connectivity index (χ1) is 8.70. The molecule has 3 N–H and O–H groups in total. The van der Waals surface area contributed by atoms with Gasteiger partial charge in [0.05, 0.1) is 11.7 Å². The fourth-order valence-corrected chi connectivity index (χ4v) is 2.21. The highest BCUT2D eigenvalue weighted by Crippen LogP contribution is 2.15. The summed E-state index contributed by atoms with van der Waals surface area (Å²) in [6.07, 6.45) is 2.22. The van der Waals surface area contributed by atoms with E-state index >= 15 is 0 Å². The number of nitrogens with two attached hydrogens (primary N) is 1. The van der Waals surface area contributed by atoms with Crippen LogP contribution in [0.15, 0.2) is 11.7 Å². The Kier molecular flexibility index (Phi) is 4.34. The third-order valence-electron chi connectivity index (χ3n) is 2.56. The maximum absolute atomic E-state index is 5.56. The molecule has 1 atom stereocenters. The zero-order valence-corrected chi connectivity index (χ0v) is 11.3. The molecule has 2 heterocycles. The monoisotopic (exact) mass is 267 g/mol. The van der Waals surface area contributed by atoms with Crippen molar-refractivity contribution >= 4 is 11.5 Å². The van der Waals surface area contributed by atoms with Crippen LogP contribution in [0, 0.1) is 5.92 Å². The van der Waals surface area contributed by atoms with Crippen LogP contribution >= 0.6 is 11.5 Å². The van der Waals surface area contributed by atoms with Crippen LogP contribution in [0.25, 0.3) is 0 Å². The summed E-state index contributed by atoms with van der Waals surface area (Å²) in [7, 11) is 0. The van der Waals surface area contributed by atoms with Crippen molar-refractivity contribution in [3.63, 3.8) is 0 Å². The van der Waals surface area contributed by atoms with E-state index in [-0.39, 0.29) is 6.04 Å². The van der Waals surface area contributed by atoms with Gasteiger partial charge in [-0.1, -0.05) is 18.3 Å². The number of nitrogens with zero attached hydrogens (tertiary/aromatic N) is 5. The van der Waals surface area contributed by atoms with E-state index in [0.717, 1.165) is 18.1 Å². The third kappa shape index (κ3) is 3.09. The lowest BCUT2D eigenvalue weighted by Crippen LogP contribution is -2.31. The SMILES string of the molecule is CC(C)Cn1ncnc1CC(NN)c1csnn1. The van der Waals surface area contributed by atoms with Crippen molar-refractivity contribution < 1.29 is 0 Å². The van der Waals surface area contributed by atoms with E-state index in [2.05, 4.69) is 38.9 Å². The molecule has 0 radical (unpaired) electrons. The predicted molar refractivity (Wildman–Crippen MR) is 68.5 cm³/mol. The molecule has 7 nitrogen and oxygen atoms in total. The number of hydrogen-bond donors (Lipinski definition) is 2. The Morgan fingerprint density at radius 1 is 1.50 bits per heavy atom. The minimum Gasteiger partial charge on any atom is -0.271 e. The van der Waals surface area contributed by atoms with Crippen LogP contribution in [-0.4, -0.2) is 24.4 Å². The second kappa shape index (κ2) is 5.98. The Balaban J connectivity index is 2.10. The van der Waals surface area contributed by atoms with Crippen LogP contribution < -0.4 is 11.3 Å². The van der Waals surface area contributed by atoms with Gasteiger partial charge in [0.25, 0.3) is 0 Å². The highest BCUT2D eigenvalue weighted by atomic mass is 32.1.